The number of benzene rings is 1. The van der Waals surface area contributed by atoms with E-state index in [4.69, 9.17) is 0 Å². The van der Waals surface area contributed by atoms with Gasteiger partial charge in [-0.25, -0.2) is 13.8 Å². The SMILES string of the molecule is CNc1nc(-c2ccc(F)c(F)c2)c(C(C)NC)s1. The van der Waals surface area contributed by atoms with Crippen molar-refractivity contribution < 1.29 is 8.78 Å². The Labute approximate surface area is 114 Å². The number of nitrogens with zero attached hydrogens (tertiary/aromatic N) is 1. The summed E-state index contributed by atoms with van der Waals surface area (Å²) in [6.45, 7) is 2.00. The van der Waals surface area contributed by atoms with Gasteiger partial charge in [0, 0.05) is 18.7 Å². The van der Waals surface area contributed by atoms with Crippen LogP contribution in [0.25, 0.3) is 11.3 Å². The van der Waals surface area contributed by atoms with Crippen molar-refractivity contribution in [1.29, 1.82) is 0 Å². The molecule has 0 amide bonds. The normalized spacial score (nSPS) is 12.5. The highest BCUT2D eigenvalue weighted by molar-refractivity contribution is 7.16. The zero-order chi connectivity index (χ0) is 14.0. The standard InChI is InChI=1S/C13H15F2N3S/c1-7(16-2)12-11(18-13(17-3)19-12)8-4-5-9(14)10(15)6-8/h4-7,16H,1-3H3,(H,17,18). The molecule has 0 saturated carbocycles. The first kappa shape index (κ1) is 13.9. The Kier molecular flexibility index (Phi) is 4.11. The summed E-state index contributed by atoms with van der Waals surface area (Å²) >= 11 is 1.50. The van der Waals surface area contributed by atoms with Crippen molar-refractivity contribution in [3.05, 3.63) is 34.7 Å². The minimum absolute atomic E-state index is 0.0858. The topological polar surface area (TPSA) is 37.0 Å². The maximum atomic E-state index is 13.3. The molecule has 0 saturated heterocycles. The number of thiazole rings is 1. The van der Waals surface area contributed by atoms with Gasteiger partial charge in [-0.2, -0.15) is 0 Å². The van der Waals surface area contributed by atoms with E-state index in [1.54, 1.807) is 13.1 Å². The highest BCUT2D eigenvalue weighted by Gasteiger charge is 2.18. The molecule has 1 heterocycles. The molecule has 0 bridgehead atoms. The Hall–Kier alpha value is -1.53. The molecule has 6 heteroatoms. The highest BCUT2D eigenvalue weighted by atomic mass is 32.1. The zero-order valence-corrected chi connectivity index (χ0v) is 11.7. The first-order chi connectivity index (χ1) is 9.06. The van der Waals surface area contributed by atoms with E-state index in [1.807, 2.05) is 14.0 Å². The lowest BCUT2D eigenvalue weighted by Crippen LogP contribution is -2.11. The Bertz CT molecular complexity index is 583. The monoisotopic (exact) mass is 283 g/mol. The minimum Gasteiger partial charge on any atom is -0.365 e. The van der Waals surface area contributed by atoms with E-state index in [1.165, 1.54) is 17.4 Å². The summed E-state index contributed by atoms with van der Waals surface area (Å²) < 4.78 is 26.3. The molecule has 0 aliphatic carbocycles. The molecule has 1 unspecified atom stereocenters. The van der Waals surface area contributed by atoms with Crippen LogP contribution in [0.15, 0.2) is 18.2 Å². The lowest BCUT2D eigenvalue weighted by Gasteiger charge is -2.09. The largest absolute Gasteiger partial charge is 0.365 e. The Balaban J connectivity index is 2.53. The molecule has 2 N–H and O–H groups in total. The second-order valence-electron chi connectivity index (χ2n) is 4.12. The van der Waals surface area contributed by atoms with Crippen LogP contribution in [0.5, 0.6) is 0 Å². The summed E-state index contributed by atoms with van der Waals surface area (Å²) in [7, 11) is 3.63. The van der Waals surface area contributed by atoms with Crippen LogP contribution in [-0.2, 0) is 0 Å². The van der Waals surface area contributed by atoms with Crippen LogP contribution < -0.4 is 10.6 Å². The number of nitrogens with one attached hydrogen (secondary N) is 2. The molecule has 0 aliphatic heterocycles. The third-order valence-corrected chi connectivity index (χ3v) is 4.14. The fourth-order valence-electron chi connectivity index (χ4n) is 1.71. The van der Waals surface area contributed by atoms with Crippen LogP contribution in [-0.4, -0.2) is 19.1 Å². The smallest absolute Gasteiger partial charge is 0.183 e. The summed E-state index contributed by atoms with van der Waals surface area (Å²) in [6.07, 6.45) is 0. The molecule has 0 fully saturated rings. The van der Waals surface area contributed by atoms with Gasteiger partial charge in [-0.3, -0.25) is 0 Å². The molecule has 102 valence electrons. The van der Waals surface area contributed by atoms with Gasteiger partial charge in [-0.1, -0.05) is 11.3 Å². The molecule has 0 spiro atoms. The molecule has 1 aromatic heterocycles. The summed E-state index contributed by atoms with van der Waals surface area (Å²) in [5.41, 5.74) is 1.25. The van der Waals surface area contributed by atoms with E-state index in [0.717, 1.165) is 16.1 Å². The Morgan fingerprint density at radius 1 is 1.21 bits per heavy atom. The van der Waals surface area contributed by atoms with Crippen molar-refractivity contribution in [2.45, 2.75) is 13.0 Å². The van der Waals surface area contributed by atoms with Crippen molar-refractivity contribution >= 4 is 16.5 Å². The Morgan fingerprint density at radius 3 is 2.53 bits per heavy atom. The average Bonchev–Trinajstić information content (AvgIpc) is 2.85. The zero-order valence-electron chi connectivity index (χ0n) is 10.9. The molecule has 0 radical (unpaired) electrons. The second-order valence-corrected chi connectivity index (χ2v) is 5.15. The van der Waals surface area contributed by atoms with Crippen molar-refractivity contribution in [3.63, 3.8) is 0 Å². The Morgan fingerprint density at radius 2 is 1.95 bits per heavy atom. The predicted molar refractivity (Wildman–Crippen MR) is 74.5 cm³/mol. The van der Waals surface area contributed by atoms with Gasteiger partial charge in [0.1, 0.15) is 0 Å². The van der Waals surface area contributed by atoms with Crippen LogP contribution in [0.1, 0.15) is 17.8 Å². The van der Waals surface area contributed by atoms with Crippen LogP contribution in [0.4, 0.5) is 13.9 Å². The number of anilines is 1. The number of halogens is 2. The van der Waals surface area contributed by atoms with Crippen LogP contribution >= 0.6 is 11.3 Å². The van der Waals surface area contributed by atoms with Gasteiger partial charge in [-0.05, 0) is 32.2 Å². The minimum atomic E-state index is -0.862. The lowest BCUT2D eigenvalue weighted by atomic mass is 10.1. The van der Waals surface area contributed by atoms with Crippen LogP contribution in [0, 0.1) is 11.6 Å². The van der Waals surface area contributed by atoms with E-state index in [9.17, 15) is 8.78 Å². The van der Waals surface area contributed by atoms with Crippen molar-refractivity contribution in [1.82, 2.24) is 10.3 Å². The van der Waals surface area contributed by atoms with Crippen molar-refractivity contribution in [3.8, 4) is 11.3 Å². The van der Waals surface area contributed by atoms with Gasteiger partial charge >= 0.3 is 0 Å². The summed E-state index contributed by atoms with van der Waals surface area (Å²) in [4.78, 5) is 5.40. The molecule has 0 aliphatic rings. The summed E-state index contributed by atoms with van der Waals surface area (Å²) in [5.74, 6) is -1.71. The van der Waals surface area contributed by atoms with E-state index in [-0.39, 0.29) is 6.04 Å². The second kappa shape index (κ2) is 5.63. The van der Waals surface area contributed by atoms with Crippen LogP contribution in [0.3, 0.4) is 0 Å². The maximum Gasteiger partial charge on any atom is 0.183 e. The van der Waals surface area contributed by atoms with Gasteiger partial charge in [0.15, 0.2) is 16.8 Å². The van der Waals surface area contributed by atoms with Gasteiger partial charge in [0.05, 0.1) is 10.6 Å². The van der Waals surface area contributed by atoms with E-state index < -0.39 is 11.6 Å². The molecule has 2 aromatic rings. The third kappa shape index (κ3) is 2.74. The molecule has 19 heavy (non-hydrogen) atoms. The summed E-state index contributed by atoms with van der Waals surface area (Å²) in [6, 6.07) is 3.92. The fourth-order valence-corrected chi connectivity index (χ4v) is 2.72. The number of aromatic nitrogens is 1. The summed E-state index contributed by atoms with van der Waals surface area (Å²) in [5, 5.41) is 6.85. The maximum absolute atomic E-state index is 13.3. The van der Waals surface area contributed by atoms with Gasteiger partial charge < -0.3 is 10.6 Å². The quantitative estimate of drug-likeness (QED) is 0.903. The van der Waals surface area contributed by atoms with E-state index in [0.29, 0.717) is 11.3 Å². The molecular formula is C13H15F2N3S. The van der Waals surface area contributed by atoms with Crippen LogP contribution in [0.2, 0.25) is 0 Å². The molecule has 3 nitrogen and oxygen atoms in total. The average molecular weight is 283 g/mol. The van der Waals surface area contributed by atoms with Gasteiger partial charge in [-0.15, -0.1) is 0 Å². The third-order valence-electron chi connectivity index (χ3n) is 2.89. The molecule has 1 atom stereocenters. The first-order valence-electron chi connectivity index (χ1n) is 5.88. The first-order valence-corrected chi connectivity index (χ1v) is 6.69. The molecule has 2 rings (SSSR count). The highest BCUT2D eigenvalue weighted by Crippen LogP contribution is 2.35. The number of hydrogen-bond acceptors (Lipinski definition) is 4. The van der Waals surface area contributed by atoms with Gasteiger partial charge in [0.25, 0.3) is 0 Å². The lowest BCUT2D eigenvalue weighted by molar-refractivity contribution is 0.509. The number of hydrogen-bond donors (Lipinski definition) is 2. The number of rotatable bonds is 4. The predicted octanol–water partition coefficient (Wildman–Crippen LogP) is 3.41. The van der Waals surface area contributed by atoms with E-state index >= 15 is 0 Å². The van der Waals surface area contributed by atoms with Gasteiger partial charge in [0.2, 0.25) is 0 Å². The fraction of sp³-hybridized carbons (Fsp3) is 0.308. The molecular weight excluding hydrogens is 268 g/mol. The molecule has 1 aromatic carbocycles. The van der Waals surface area contributed by atoms with Crippen molar-refractivity contribution in [2.24, 2.45) is 0 Å². The van der Waals surface area contributed by atoms with Crippen molar-refractivity contribution in [2.75, 3.05) is 19.4 Å². The van der Waals surface area contributed by atoms with E-state index in [2.05, 4.69) is 15.6 Å².